The highest BCUT2D eigenvalue weighted by Gasteiger charge is 2.39. The number of hydrogen-bond donors (Lipinski definition) is 0. The molecule has 0 aliphatic carbocycles. The lowest BCUT2D eigenvalue weighted by atomic mass is 10.0. The molecule has 4 heteroatoms. The first-order chi connectivity index (χ1) is 8.22. The summed E-state index contributed by atoms with van der Waals surface area (Å²) in [5.41, 5.74) is 0. The van der Waals surface area contributed by atoms with Crippen LogP contribution < -0.4 is 0 Å². The van der Waals surface area contributed by atoms with Crippen molar-refractivity contribution in [3.63, 3.8) is 0 Å². The molecule has 1 aromatic heterocycles. The zero-order chi connectivity index (χ0) is 11.8. The molecular formula is C13H16BrNOS. The molecule has 0 N–H and O–H groups in total. The predicted octanol–water partition coefficient (Wildman–Crippen LogP) is 3.25. The van der Waals surface area contributed by atoms with Crippen molar-refractivity contribution in [3.05, 3.63) is 20.8 Å². The second-order valence-electron chi connectivity index (χ2n) is 5.03. The summed E-state index contributed by atoms with van der Waals surface area (Å²) >= 11 is 5.33. The number of thiophene rings is 1. The molecule has 0 saturated carbocycles. The highest BCUT2D eigenvalue weighted by Crippen LogP contribution is 2.34. The fourth-order valence-electron chi connectivity index (χ4n) is 3.15. The van der Waals surface area contributed by atoms with E-state index >= 15 is 0 Å². The van der Waals surface area contributed by atoms with E-state index in [0.717, 1.165) is 25.8 Å². The smallest absolute Gasteiger partial charge is 0.136 e. The van der Waals surface area contributed by atoms with E-state index in [2.05, 4.69) is 33.0 Å². The largest absolute Gasteiger partial charge is 0.300 e. The molecule has 3 rings (SSSR count). The van der Waals surface area contributed by atoms with Crippen molar-refractivity contribution >= 4 is 33.0 Å². The molecule has 2 saturated heterocycles. The number of halogens is 1. The number of piperidine rings is 1. The van der Waals surface area contributed by atoms with Gasteiger partial charge in [0.25, 0.3) is 0 Å². The van der Waals surface area contributed by atoms with Gasteiger partial charge in [0.15, 0.2) is 0 Å². The van der Waals surface area contributed by atoms with Crippen LogP contribution in [-0.2, 0) is 11.2 Å². The molecule has 2 unspecified atom stereocenters. The van der Waals surface area contributed by atoms with Gasteiger partial charge in [-0.3, -0.25) is 9.69 Å². The second-order valence-corrected chi connectivity index (χ2v) is 7.57. The van der Waals surface area contributed by atoms with Crippen LogP contribution in [0.25, 0.3) is 0 Å². The van der Waals surface area contributed by atoms with Crippen molar-refractivity contribution in [1.29, 1.82) is 0 Å². The van der Waals surface area contributed by atoms with Crippen LogP contribution in [0.1, 0.15) is 30.6 Å². The fourth-order valence-corrected chi connectivity index (χ4v) is 4.62. The van der Waals surface area contributed by atoms with Crippen LogP contribution in [0.2, 0.25) is 0 Å². The monoisotopic (exact) mass is 313 g/mol. The number of carbonyl (C=O) groups excluding carboxylic acids is 1. The Morgan fingerprint density at radius 1 is 1.29 bits per heavy atom. The highest BCUT2D eigenvalue weighted by atomic mass is 79.9. The van der Waals surface area contributed by atoms with E-state index in [4.69, 9.17) is 0 Å². The Morgan fingerprint density at radius 3 is 2.59 bits per heavy atom. The van der Waals surface area contributed by atoms with Crippen LogP contribution in [0, 0.1) is 0 Å². The molecule has 2 atom stereocenters. The van der Waals surface area contributed by atoms with E-state index in [9.17, 15) is 4.79 Å². The Labute approximate surface area is 114 Å². The van der Waals surface area contributed by atoms with Crippen molar-refractivity contribution in [2.75, 3.05) is 6.54 Å². The average molecular weight is 314 g/mol. The maximum absolute atomic E-state index is 11.5. The van der Waals surface area contributed by atoms with Gasteiger partial charge in [0, 0.05) is 36.3 Å². The van der Waals surface area contributed by atoms with Crippen molar-refractivity contribution in [2.24, 2.45) is 0 Å². The second kappa shape index (κ2) is 4.82. The highest BCUT2D eigenvalue weighted by molar-refractivity contribution is 9.11. The molecule has 2 bridgehead atoms. The molecule has 92 valence electrons. The summed E-state index contributed by atoms with van der Waals surface area (Å²) < 4.78 is 1.21. The summed E-state index contributed by atoms with van der Waals surface area (Å²) in [5.74, 6) is 0.479. The predicted molar refractivity (Wildman–Crippen MR) is 73.5 cm³/mol. The van der Waals surface area contributed by atoms with E-state index in [1.807, 2.05) is 11.3 Å². The summed E-state index contributed by atoms with van der Waals surface area (Å²) in [4.78, 5) is 15.5. The molecule has 0 spiro atoms. The Morgan fingerprint density at radius 2 is 2.00 bits per heavy atom. The third kappa shape index (κ3) is 2.49. The zero-order valence-electron chi connectivity index (χ0n) is 9.69. The third-order valence-corrected chi connectivity index (χ3v) is 5.63. The maximum atomic E-state index is 11.5. The zero-order valence-corrected chi connectivity index (χ0v) is 12.1. The third-order valence-electron chi connectivity index (χ3n) is 3.94. The van der Waals surface area contributed by atoms with E-state index in [1.165, 1.54) is 21.5 Å². The van der Waals surface area contributed by atoms with Gasteiger partial charge in [0.05, 0.1) is 3.79 Å². The molecule has 0 aromatic carbocycles. The quantitative estimate of drug-likeness (QED) is 0.853. The lowest BCUT2D eigenvalue weighted by Crippen LogP contribution is -2.43. The van der Waals surface area contributed by atoms with Gasteiger partial charge < -0.3 is 0 Å². The average Bonchev–Trinajstić information content (AvgIpc) is 2.79. The Kier molecular flexibility index (Phi) is 3.37. The number of Topliss-reactive ketones (excluding diaryl/α,β-unsaturated/α-hetero) is 1. The summed E-state index contributed by atoms with van der Waals surface area (Å²) in [5, 5.41) is 0. The van der Waals surface area contributed by atoms with E-state index in [1.54, 1.807) is 0 Å². The molecule has 17 heavy (non-hydrogen) atoms. The summed E-state index contributed by atoms with van der Waals surface area (Å²) in [7, 11) is 0. The first kappa shape index (κ1) is 11.9. The maximum Gasteiger partial charge on any atom is 0.136 e. The molecule has 2 aliphatic rings. The van der Waals surface area contributed by atoms with Crippen LogP contribution in [0.15, 0.2) is 15.9 Å². The van der Waals surface area contributed by atoms with Gasteiger partial charge in [0.1, 0.15) is 5.78 Å². The molecule has 2 aliphatic heterocycles. The summed E-state index contributed by atoms with van der Waals surface area (Å²) in [6.45, 7) is 1.12. The van der Waals surface area contributed by atoms with Gasteiger partial charge in [-0.15, -0.1) is 11.3 Å². The van der Waals surface area contributed by atoms with Crippen molar-refractivity contribution < 1.29 is 4.79 Å². The molecule has 3 heterocycles. The molecule has 1 aromatic rings. The lowest BCUT2D eigenvalue weighted by Gasteiger charge is -2.33. The standard InChI is InChI=1S/C13H16BrNOS/c14-13-4-3-12(17-13)5-6-15-9-1-2-10(15)8-11(16)7-9/h3-4,9-10H,1-2,5-8H2. The minimum Gasteiger partial charge on any atom is -0.300 e. The number of hydrogen-bond acceptors (Lipinski definition) is 3. The fraction of sp³-hybridized carbons (Fsp3) is 0.615. The Balaban J connectivity index is 1.61. The number of nitrogens with zero attached hydrogens (tertiary/aromatic N) is 1. The van der Waals surface area contributed by atoms with Gasteiger partial charge in [-0.05, 0) is 47.3 Å². The van der Waals surface area contributed by atoms with Gasteiger partial charge >= 0.3 is 0 Å². The SMILES string of the molecule is O=C1CC2CCC(C1)N2CCc1ccc(Br)s1. The topological polar surface area (TPSA) is 20.3 Å². The van der Waals surface area contributed by atoms with Gasteiger partial charge in [-0.1, -0.05) is 0 Å². The van der Waals surface area contributed by atoms with E-state index < -0.39 is 0 Å². The number of rotatable bonds is 3. The van der Waals surface area contributed by atoms with Crippen LogP contribution in [0.5, 0.6) is 0 Å². The van der Waals surface area contributed by atoms with Crippen molar-refractivity contribution in [2.45, 2.75) is 44.2 Å². The molecular weight excluding hydrogens is 298 g/mol. The molecule has 2 nitrogen and oxygen atoms in total. The Bertz CT molecular complexity index is 415. The number of carbonyl (C=O) groups is 1. The van der Waals surface area contributed by atoms with Gasteiger partial charge in [0.2, 0.25) is 0 Å². The summed E-state index contributed by atoms with van der Waals surface area (Å²) in [6, 6.07) is 5.41. The normalized spacial score (nSPS) is 28.9. The van der Waals surface area contributed by atoms with E-state index in [-0.39, 0.29) is 0 Å². The van der Waals surface area contributed by atoms with Gasteiger partial charge in [-0.2, -0.15) is 0 Å². The summed E-state index contributed by atoms with van der Waals surface area (Å²) in [6.07, 6.45) is 5.17. The minimum atomic E-state index is 0.479. The number of fused-ring (bicyclic) bond motifs is 2. The number of ketones is 1. The molecule has 0 radical (unpaired) electrons. The Hall–Kier alpha value is -0.190. The first-order valence-corrected chi connectivity index (χ1v) is 7.85. The van der Waals surface area contributed by atoms with Crippen LogP contribution in [0.3, 0.4) is 0 Å². The minimum absolute atomic E-state index is 0.479. The van der Waals surface area contributed by atoms with Crippen LogP contribution in [-0.4, -0.2) is 29.3 Å². The van der Waals surface area contributed by atoms with Crippen LogP contribution >= 0.6 is 27.3 Å². The lowest BCUT2D eigenvalue weighted by molar-refractivity contribution is -0.123. The van der Waals surface area contributed by atoms with Crippen molar-refractivity contribution in [3.8, 4) is 0 Å². The molecule has 0 amide bonds. The molecule has 2 fully saturated rings. The van der Waals surface area contributed by atoms with Gasteiger partial charge in [-0.25, -0.2) is 0 Å². The first-order valence-electron chi connectivity index (χ1n) is 6.24. The van der Waals surface area contributed by atoms with Crippen molar-refractivity contribution in [1.82, 2.24) is 4.90 Å². The van der Waals surface area contributed by atoms with Crippen LogP contribution in [0.4, 0.5) is 0 Å². The van der Waals surface area contributed by atoms with E-state index in [0.29, 0.717) is 17.9 Å².